The molecular formula is C22H25N5O3S. The van der Waals surface area contributed by atoms with Crippen LogP contribution in [0.15, 0.2) is 59.9 Å². The zero-order valence-electron chi connectivity index (χ0n) is 17.6. The molecule has 162 valence electrons. The highest BCUT2D eigenvalue weighted by Gasteiger charge is 2.30. The molecule has 0 aliphatic carbocycles. The van der Waals surface area contributed by atoms with Crippen molar-refractivity contribution < 1.29 is 13.2 Å². The van der Waals surface area contributed by atoms with Crippen molar-refractivity contribution in [1.82, 2.24) is 24.2 Å². The number of sulfonamides is 1. The summed E-state index contributed by atoms with van der Waals surface area (Å²) in [5, 5.41) is 0. The number of hydrogen-bond acceptors (Lipinski definition) is 7. The first-order chi connectivity index (χ1) is 15.0. The second-order valence-corrected chi connectivity index (χ2v) is 9.32. The molecular weight excluding hydrogens is 414 g/mol. The summed E-state index contributed by atoms with van der Waals surface area (Å²) in [5.41, 5.74) is 2.39. The second-order valence-electron chi connectivity index (χ2n) is 7.41. The van der Waals surface area contributed by atoms with Crippen LogP contribution in [0.25, 0.3) is 11.4 Å². The van der Waals surface area contributed by atoms with Crippen molar-refractivity contribution in [1.29, 1.82) is 0 Å². The van der Waals surface area contributed by atoms with Crippen LogP contribution in [0.1, 0.15) is 11.3 Å². The molecule has 3 aromatic rings. The van der Waals surface area contributed by atoms with E-state index in [2.05, 4.69) is 25.9 Å². The third kappa shape index (κ3) is 4.73. The highest BCUT2D eigenvalue weighted by atomic mass is 32.2. The van der Waals surface area contributed by atoms with Crippen LogP contribution in [-0.4, -0.2) is 65.9 Å². The van der Waals surface area contributed by atoms with E-state index in [1.165, 1.54) is 10.5 Å². The van der Waals surface area contributed by atoms with Crippen LogP contribution in [-0.2, 0) is 16.6 Å². The second kappa shape index (κ2) is 9.09. The Balaban J connectivity index is 1.44. The molecule has 9 heteroatoms. The van der Waals surface area contributed by atoms with Gasteiger partial charge in [0.25, 0.3) is 0 Å². The van der Waals surface area contributed by atoms with Gasteiger partial charge in [0.15, 0.2) is 5.82 Å². The molecule has 1 aliphatic rings. The lowest BCUT2D eigenvalue weighted by Crippen LogP contribution is -2.48. The molecule has 3 heterocycles. The molecule has 0 radical (unpaired) electrons. The molecule has 1 saturated heterocycles. The van der Waals surface area contributed by atoms with E-state index in [0.29, 0.717) is 37.7 Å². The molecule has 31 heavy (non-hydrogen) atoms. The van der Waals surface area contributed by atoms with Gasteiger partial charge in [-0.1, -0.05) is 12.1 Å². The predicted octanol–water partition coefficient (Wildman–Crippen LogP) is 2.36. The lowest BCUT2D eigenvalue weighted by Gasteiger charge is -2.34. The average molecular weight is 440 g/mol. The first-order valence-electron chi connectivity index (χ1n) is 10.1. The topological polar surface area (TPSA) is 88.5 Å². The standard InChI is InChI=1S/C22H25N5O3S/c1-17-21(15-24-22(25-17)19-6-8-23-9-7-19)31(28,29)27-12-10-26(11-13-27)16-18-4-3-5-20(14-18)30-2/h3-9,14-15H,10-13,16H2,1-2H3. The molecule has 0 N–H and O–H groups in total. The summed E-state index contributed by atoms with van der Waals surface area (Å²) in [5.74, 6) is 1.31. The van der Waals surface area contributed by atoms with Gasteiger partial charge in [-0.15, -0.1) is 0 Å². The van der Waals surface area contributed by atoms with Crippen molar-refractivity contribution in [3.05, 3.63) is 66.2 Å². The van der Waals surface area contributed by atoms with Gasteiger partial charge in [0.05, 0.1) is 19.0 Å². The third-order valence-electron chi connectivity index (χ3n) is 5.36. The summed E-state index contributed by atoms with van der Waals surface area (Å²) in [6.45, 7) is 4.64. The zero-order chi connectivity index (χ0) is 21.8. The summed E-state index contributed by atoms with van der Waals surface area (Å²) in [6, 6.07) is 11.5. The first-order valence-corrected chi connectivity index (χ1v) is 11.5. The monoisotopic (exact) mass is 439 g/mol. The lowest BCUT2D eigenvalue weighted by atomic mass is 10.2. The minimum absolute atomic E-state index is 0.159. The molecule has 0 spiro atoms. The Kier molecular flexibility index (Phi) is 6.26. The van der Waals surface area contributed by atoms with Crippen molar-refractivity contribution in [2.45, 2.75) is 18.4 Å². The van der Waals surface area contributed by atoms with E-state index in [9.17, 15) is 8.42 Å². The maximum absolute atomic E-state index is 13.2. The van der Waals surface area contributed by atoms with Gasteiger partial charge in [0.2, 0.25) is 10.0 Å². The maximum Gasteiger partial charge on any atom is 0.246 e. The molecule has 0 atom stereocenters. The molecule has 0 unspecified atom stereocenters. The molecule has 8 nitrogen and oxygen atoms in total. The van der Waals surface area contributed by atoms with Gasteiger partial charge in [-0.3, -0.25) is 9.88 Å². The number of hydrogen-bond donors (Lipinski definition) is 0. The number of methoxy groups -OCH3 is 1. The SMILES string of the molecule is COc1cccc(CN2CCN(S(=O)(=O)c3cnc(-c4ccncc4)nc3C)CC2)c1. The molecule has 1 aliphatic heterocycles. The van der Waals surface area contributed by atoms with Crippen molar-refractivity contribution in [2.24, 2.45) is 0 Å². The number of aryl methyl sites for hydroxylation is 1. The van der Waals surface area contributed by atoms with E-state index < -0.39 is 10.0 Å². The van der Waals surface area contributed by atoms with E-state index in [0.717, 1.165) is 23.4 Å². The largest absolute Gasteiger partial charge is 0.497 e. The van der Waals surface area contributed by atoms with Gasteiger partial charge in [-0.05, 0) is 36.8 Å². The van der Waals surface area contributed by atoms with Gasteiger partial charge >= 0.3 is 0 Å². The Morgan fingerprint density at radius 1 is 1.06 bits per heavy atom. The van der Waals surface area contributed by atoms with E-state index in [-0.39, 0.29) is 4.90 Å². The number of nitrogens with zero attached hydrogens (tertiary/aromatic N) is 5. The smallest absolute Gasteiger partial charge is 0.246 e. The van der Waals surface area contributed by atoms with Crippen LogP contribution in [0, 0.1) is 6.92 Å². The van der Waals surface area contributed by atoms with Gasteiger partial charge in [0, 0.05) is 50.7 Å². The van der Waals surface area contributed by atoms with Gasteiger partial charge < -0.3 is 4.74 Å². The van der Waals surface area contributed by atoms with Crippen LogP contribution in [0.3, 0.4) is 0 Å². The third-order valence-corrected chi connectivity index (χ3v) is 7.36. The fraction of sp³-hybridized carbons (Fsp3) is 0.318. The Morgan fingerprint density at radius 2 is 1.81 bits per heavy atom. The minimum atomic E-state index is -3.65. The number of pyridine rings is 1. The van der Waals surface area contributed by atoms with Gasteiger partial charge in [-0.2, -0.15) is 4.31 Å². The summed E-state index contributed by atoms with van der Waals surface area (Å²) >= 11 is 0. The highest BCUT2D eigenvalue weighted by Crippen LogP contribution is 2.23. The maximum atomic E-state index is 13.2. The number of piperazine rings is 1. The number of aromatic nitrogens is 3. The molecule has 1 fully saturated rings. The molecule has 0 saturated carbocycles. The molecule has 4 rings (SSSR count). The van der Waals surface area contributed by atoms with Crippen LogP contribution in [0.4, 0.5) is 0 Å². The quantitative estimate of drug-likeness (QED) is 0.583. The fourth-order valence-electron chi connectivity index (χ4n) is 3.65. The summed E-state index contributed by atoms with van der Waals surface area (Å²) in [6.07, 6.45) is 4.73. The fourth-order valence-corrected chi connectivity index (χ4v) is 5.17. The van der Waals surface area contributed by atoms with Crippen molar-refractivity contribution >= 4 is 10.0 Å². The molecule has 1 aromatic carbocycles. The number of ether oxygens (including phenoxy) is 1. The first kappa shape index (κ1) is 21.4. The zero-order valence-corrected chi connectivity index (χ0v) is 18.4. The summed E-state index contributed by atoms with van der Waals surface area (Å²) in [7, 11) is -2.00. The average Bonchev–Trinajstić information content (AvgIpc) is 2.80. The number of rotatable bonds is 6. The molecule has 0 bridgehead atoms. The Morgan fingerprint density at radius 3 is 2.48 bits per heavy atom. The van der Waals surface area contributed by atoms with Crippen molar-refractivity contribution in [3.8, 4) is 17.1 Å². The molecule has 2 aromatic heterocycles. The lowest BCUT2D eigenvalue weighted by molar-refractivity contribution is 0.181. The molecule has 0 amide bonds. The van der Waals surface area contributed by atoms with E-state index in [1.54, 1.807) is 38.6 Å². The normalized spacial score (nSPS) is 15.7. The van der Waals surface area contributed by atoms with Crippen molar-refractivity contribution in [2.75, 3.05) is 33.3 Å². The van der Waals surface area contributed by atoms with Crippen LogP contribution in [0.2, 0.25) is 0 Å². The summed E-state index contributed by atoms with van der Waals surface area (Å²) < 4.78 is 33.2. The predicted molar refractivity (Wildman–Crippen MR) is 117 cm³/mol. The highest BCUT2D eigenvalue weighted by molar-refractivity contribution is 7.89. The van der Waals surface area contributed by atoms with Crippen molar-refractivity contribution in [3.63, 3.8) is 0 Å². The summed E-state index contributed by atoms with van der Waals surface area (Å²) in [4.78, 5) is 15.1. The van der Waals surface area contributed by atoms with Gasteiger partial charge in [-0.25, -0.2) is 18.4 Å². The van der Waals surface area contributed by atoms with E-state index in [4.69, 9.17) is 4.74 Å². The Bertz CT molecular complexity index is 1150. The Labute approximate surface area is 182 Å². The van der Waals surface area contributed by atoms with Gasteiger partial charge in [0.1, 0.15) is 10.6 Å². The Hall–Kier alpha value is -2.88. The van der Waals surface area contributed by atoms with E-state index >= 15 is 0 Å². The minimum Gasteiger partial charge on any atom is -0.497 e. The number of benzene rings is 1. The van der Waals surface area contributed by atoms with Crippen LogP contribution in [0.5, 0.6) is 5.75 Å². The van der Waals surface area contributed by atoms with Crippen LogP contribution >= 0.6 is 0 Å². The van der Waals surface area contributed by atoms with Crippen LogP contribution < -0.4 is 4.74 Å². The van der Waals surface area contributed by atoms with E-state index in [1.807, 2.05) is 18.2 Å².